The van der Waals surface area contributed by atoms with E-state index in [9.17, 15) is 4.39 Å². The van der Waals surface area contributed by atoms with E-state index in [1.165, 1.54) is 11.6 Å². The zero-order valence-electron chi connectivity index (χ0n) is 14.4. The molecule has 0 atom stereocenters. The van der Waals surface area contributed by atoms with Crippen molar-refractivity contribution in [2.45, 2.75) is 13.0 Å². The number of benzene rings is 2. The van der Waals surface area contributed by atoms with E-state index in [2.05, 4.69) is 10.3 Å². The van der Waals surface area contributed by atoms with Crippen LogP contribution in [0.15, 0.2) is 53.5 Å². The first kappa shape index (κ1) is 17.8. The van der Waals surface area contributed by atoms with Crippen LogP contribution in [0, 0.1) is 5.82 Å². The highest BCUT2D eigenvalue weighted by Crippen LogP contribution is 2.12. The van der Waals surface area contributed by atoms with Gasteiger partial charge >= 0.3 is 0 Å². The summed E-state index contributed by atoms with van der Waals surface area (Å²) in [6.45, 7) is 1.44. The Bertz CT molecular complexity index is 671. The third-order valence-electron chi connectivity index (χ3n) is 3.74. The molecule has 0 heterocycles. The number of nitrogens with one attached hydrogen (secondary N) is 1. The van der Waals surface area contributed by atoms with Crippen molar-refractivity contribution in [1.29, 1.82) is 0 Å². The summed E-state index contributed by atoms with van der Waals surface area (Å²) in [5.41, 5.74) is 2.14. The number of aliphatic imine (C=N–C) groups is 1. The molecule has 0 spiro atoms. The molecule has 0 fully saturated rings. The smallest absolute Gasteiger partial charge is 0.193 e. The molecule has 0 amide bonds. The first-order valence-corrected chi connectivity index (χ1v) is 7.91. The summed E-state index contributed by atoms with van der Waals surface area (Å²) in [5, 5.41) is 3.31. The molecule has 0 aromatic heterocycles. The lowest BCUT2D eigenvalue weighted by molar-refractivity contribution is 0.414. The minimum Gasteiger partial charge on any atom is -0.497 e. The monoisotopic (exact) mass is 329 g/mol. The van der Waals surface area contributed by atoms with Crippen molar-refractivity contribution in [1.82, 2.24) is 10.2 Å². The van der Waals surface area contributed by atoms with E-state index >= 15 is 0 Å². The highest BCUT2D eigenvalue weighted by atomic mass is 19.1. The van der Waals surface area contributed by atoms with Gasteiger partial charge in [-0.3, -0.25) is 4.99 Å². The molecule has 1 N–H and O–H groups in total. The fourth-order valence-electron chi connectivity index (χ4n) is 2.48. The maximum Gasteiger partial charge on any atom is 0.193 e. The summed E-state index contributed by atoms with van der Waals surface area (Å²) in [6, 6.07) is 14.6. The Morgan fingerprint density at radius 3 is 2.54 bits per heavy atom. The first-order valence-electron chi connectivity index (χ1n) is 7.91. The zero-order chi connectivity index (χ0) is 17.4. The van der Waals surface area contributed by atoms with Crippen LogP contribution < -0.4 is 10.1 Å². The molecule has 0 aliphatic heterocycles. The van der Waals surface area contributed by atoms with Crippen LogP contribution in [-0.2, 0) is 13.0 Å². The van der Waals surface area contributed by atoms with Crippen LogP contribution in [0.1, 0.15) is 11.1 Å². The molecule has 0 aliphatic rings. The lowest BCUT2D eigenvalue weighted by Gasteiger charge is -2.22. The average Bonchev–Trinajstić information content (AvgIpc) is 2.59. The van der Waals surface area contributed by atoms with Gasteiger partial charge in [0.05, 0.1) is 7.11 Å². The molecule has 0 saturated heterocycles. The van der Waals surface area contributed by atoms with Gasteiger partial charge in [0, 0.05) is 27.2 Å². The number of hydrogen-bond donors (Lipinski definition) is 1. The van der Waals surface area contributed by atoms with E-state index in [0.29, 0.717) is 6.54 Å². The van der Waals surface area contributed by atoms with Crippen LogP contribution in [-0.4, -0.2) is 38.6 Å². The number of hydrogen-bond acceptors (Lipinski definition) is 2. The van der Waals surface area contributed by atoms with E-state index in [1.54, 1.807) is 26.3 Å². The lowest BCUT2D eigenvalue weighted by Crippen LogP contribution is -2.39. The highest BCUT2D eigenvalue weighted by Gasteiger charge is 2.06. The van der Waals surface area contributed by atoms with Crippen molar-refractivity contribution >= 4 is 5.96 Å². The topological polar surface area (TPSA) is 36.9 Å². The van der Waals surface area contributed by atoms with E-state index in [4.69, 9.17) is 4.74 Å². The quantitative estimate of drug-likeness (QED) is 0.654. The molecule has 5 heteroatoms. The van der Waals surface area contributed by atoms with Crippen LogP contribution in [0.25, 0.3) is 0 Å². The predicted molar refractivity (Wildman–Crippen MR) is 95.9 cm³/mol. The Morgan fingerprint density at radius 1 is 1.17 bits per heavy atom. The van der Waals surface area contributed by atoms with Gasteiger partial charge in [-0.1, -0.05) is 24.3 Å². The van der Waals surface area contributed by atoms with Gasteiger partial charge in [-0.25, -0.2) is 4.39 Å². The number of methoxy groups -OCH3 is 1. The van der Waals surface area contributed by atoms with Gasteiger partial charge in [0.1, 0.15) is 11.6 Å². The minimum atomic E-state index is -0.200. The molecule has 2 aromatic carbocycles. The van der Waals surface area contributed by atoms with Crippen molar-refractivity contribution in [3.8, 4) is 5.75 Å². The van der Waals surface area contributed by atoms with Crippen LogP contribution in [0.2, 0.25) is 0 Å². The number of nitrogens with zero attached hydrogens (tertiary/aromatic N) is 2. The van der Waals surface area contributed by atoms with Crippen LogP contribution >= 0.6 is 0 Å². The summed E-state index contributed by atoms with van der Waals surface area (Å²) >= 11 is 0. The normalized spacial score (nSPS) is 11.2. The van der Waals surface area contributed by atoms with Gasteiger partial charge in [-0.15, -0.1) is 0 Å². The van der Waals surface area contributed by atoms with Crippen LogP contribution in [0.3, 0.4) is 0 Å². The Balaban J connectivity index is 1.85. The first-order chi connectivity index (χ1) is 11.6. The number of halogens is 1. The van der Waals surface area contributed by atoms with E-state index in [1.807, 2.05) is 42.3 Å². The third-order valence-corrected chi connectivity index (χ3v) is 3.74. The molecule has 0 bridgehead atoms. The fourth-order valence-corrected chi connectivity index (χ4v) is 2.48. The molecule has 2 aromatic rings. The second kappa shape index (κ2) is 8.91. The maximum atomic E-state index is 13.2. The van der Waals surface area contributed by atoms with E-state index < -0.39 is 0 Å². The summed E-state index contributed by atoms with van der Waals surface area (Å²) in [7, 11) is 5.41. The Kier molecular flexibility index (Phi) is 6.61. The van der Waals surface area contributed by atoms with Crippen molar-refractivity contribution in [3.05, 3.63) is 65.5 Å². The molecule has 24 heavy (non-hydrogen) atoms. The summed E-state index contributed by atoms with van der Waals surface area (Å²) in [6.07, 6.45) is 0.743. The molecular weight excluding hydrogens is 305 g/mol. The summed E-state index contributed by atoms with van der Waals surface area (Å²) < 4.78 is 18.4. The van der Waals surface area contributed by atoms with Crippen molar-refractivity contribution < 1.29 is 9.13 Å². The lowest BCUT2D eigenvalue weighted by atomic mass is 10.1. The number of rotatable bonds is 6. The van der Waals surface area contributed by atoms with Crippen LogP contribution in [0.5, 0.6) is 5.75 Å². The average molecular weight is 329 g/mol. The Labute approximate surface area is 143 Å². The largest absolute Gasteiger partial charge is 0.497 e. The zero-order valence-corrected chi connectivity index (χ0v) is 14.4. The third kappa shape index (κ3) is 5.26. The van der Waals surface area contributed by atoms with Gasteiger partial charge in [-0.05, 0) is 41.8 Å². The minimum absolute atomic E-state index is 0.200. The molecule has 2 rings (SSSR count). The van der Waals surface area contributed by atoms with Crippen molar-refractivity contribution in [2.75, 3.05) is 27.7 Å². The highest BCUT2D eigenvalue weighted by molar-refractivity contribution is 5.79. The molecule has 128 valence electrons. The number of ether oxygens (including phenoxy) is 1. The second-order valence-corrected chi connectivity index (χ2v) is 5.56. The molecule has 0 radical (unpaired) electrons. The summed E-state index contributed by atoms with van der Waals surface area (Å²) in [4.78, 5) is 6.35. The molecule has 4 nitrogen and oxygen atoms in total. The van der Waals surface area contributed by atoms with Crippen molar-refractivity contribution in [3.63, 3.8) is 0 Å². The van der Waals surface area contributed by atoms with Gasteiger partial charge in [0.15, 0.2) is 5.96 Å². The van der Waals surface area contributed by atoms with E-state index in [-0.39, 0.29) is 5.82 Å². The number of guanidine groups is 1. The van der Waals surface area contributed by atoms with E-state index in [0.717, 1.165) is 30.2 Å². The van der Waals surface area contributed by atoms with Gasteiger partial charge in [0.2, 0.25) is 0 Å². The maximum absolute atomic E-state index is 13.2. The van der Waals surface area contributed by atoms with Crippen LogP contribution in [0.4, 0.5) is 4.39 Å². The molecular formula is C19H24FN3O. The summed E-state index contributed by atoms with van der Waals surface area (Å²) in [5.74, 6) is 1.45. The van der Waals surface area contributed by atoms with Gasteiger partial charge in [0.25, 0.3) is 0 Å². The predicted octanol–water partition coefficient (Wildman–Crippen LogP) is 3.08. The Hall–Kier alpha value is -2.56. The fraction of sp³-hybridized carbons (Fsp3) is 0.316. The Morgan fingerprint density at radius 2 is 1.92 bits per heavy atom. The van der Waals surface area contributed by atoms with Crippen molar-refractivity contribution in [2.24, 2.45) is 4.99 Å². The standard InChI is InChI=1S/C19H24FN3O/c1-21-19(22-12-11-15-5-4-6-17(20)13-15)23(2)14-16-7-9-18(24-3)10-8-16/h4-10,13H,11-12,14H2,1-3H3,(H,21,22). The van der Waals surface area contributed by atoms with Gasteiger partial charge < -0.3 is 15.0 Å². The molecule has 0 saturated carbocycles. The SMILES string of the molecule is CN=C(NCCc1cccc(F)c1)N(C)Cc1ccc(OC)cc1. The molecule has 0 unspecified atom stereocenters. The van der Waals surface area contributed by atoms with Gasteiger partial charge in [-0.2, -0.15) is 0 Å². The second-order valence-electron chi connectivity index (χ2n) is 5.56. The molecule has 0 aliphatic carbocycles.